The second-order valence-corrected chi connectivity index (χ2v) is 10.1. The van der Waals surface area contributed by atoms with Crippen LogP contribution in [0.4, 0.5) is 0 Å². The Morgan fingerprint density at radius 2 is 1.27 bits per heavy atom. The van der Waals surface area contributed by atoms with Crippen LogP contribution in [0.15, 0.2) is 128 Å². The Bertz CT molecular complexity index is 2340. The minimum absolute atomic E-state index is 0.686. The smallest absolute Gasteiger partial charge is 0.0998 e. The fourth-order valence-corrected chi connectivity index (χ4v) is 6.09. The minimum Gasteiger partial charge on any atom is -0.256 e. The van der Waals surface area contributed by atoms with E-state index in [2.05, 4.69) is 97.1 Å². The van der Waals surface area contributed by atoms with Crippen LogP contribution in [-0.2, 0) is 0 Å². The molecule has 0 bridgehead atoms. The lowest BCUT2D eigenvalue weighted by Gasteiger charge is -2.15. The predicted octanol–water partition coefficient (Wildman–Crippen LogP) is 9.45. The normalized spacial score (nSPS) is 11.5. The summed E-state index contributed by atoms with van der Waals surface area (Å²) in [6.45, 7) is 0. The van der Waals surface area contributed by atoms with Crippen molar-refractivity contribution in [1.29, 1.82) is 5.26 Å². The second kappa shape index (κ2) is 8.73. The lowest BCUT2D eigenvalue weighted by atomic mass is 9.92. The molecule has 8 rings (SSSR count). The van der Waals surface area contributed by atoms with Crippen LogP contribution in [0.5, 0.6) is 0 Å². The van der Waals surface area contributed by atoms with Crippen molar-refractivity contribution in [3.8, 4) is 28.5 Å². The third-order valence-corrected chi connectivity index (χ3v) is 7.91. The first-order chi connectivity index (χ1) is 19.8. The Morgan fingerprint density at radius 3 is 2.15 bits per heavy atom. The third-order valence-electron chi connectivity index (χ3n) is 7.91. The average molecular weight is 508 g/mol. The van der Waals surface area contributed by atoms with Crippen molar-refractivity contribution >= 4 is 54.1 Å². The number of pyridine rings is 2. The largest absolute Gasteiger partial charge is 0.256 e. The number of fused-ring (bicyclic) bond motifs is 8. The van der Waals surface area contributed by atoms with E-state index in [4.69, 9.17) is 9.97 Å². The fraction of sp³-hybridized carbons (Fsp3) is 0. The van der Waals surface area contributed by atoms with Crippen molar-refractivity contribution < 1.29 is 0 Å². The molecular weight excluding hydrogens is 486 g/mol. The second-order valence-electron chi connectivity index (χ2n) is 10.1. The van der Waals surface area contributed by atoms with Crippen LogP contribution in [0.1, 0.15) is 5.56 Å². The van der Waals surface area contributed by atoms with E-state index in [0.29, 0.717) is 5.56 Å². The number of hydrogen-bond acceptors (Lipinski definition) is 3. The van der Waals surface area contributed by atoms with E-state index in [0.717, 1.165) is 65.7 Å². The van der Waals surface area contributed by atoms with E-state index in [1.165, 1.54) is 10.8 Å². The van der Waals surface area contributed by atoms with Gasteiger partial charge in [0.05, 0.1) is 28.4 Å². The molecule has 0 amide bonds. The van der Waals surface area contributed by atoms with Gasteiger partial charge in [-0.05, 0) is 52.2 Å². The summed E-state index contributed by atoms with van der Waals surface area (Å²) < 4.78 is 0. The van der Waals surface area contributed by atoms with Gasteiger partial charge >= 0.3 is 0 Å². The molecule has 0 saturated carbocycles. The standard InChI is InChI=1S/C37H21N3/c38-21-25-16-17-28(30-13-4-3-11-27(25)30)23-9-7-10-24(20-23)37-32-18-19-34-36(29-12-2-1-8-26(29)22-39-34)35(32)31-14-5-6-15-33(31)40-37/h1-20,22H. The molecule has 0 saturated heterocycles. The summed E-state index contributed by atoms with van der Waals surface area (Å²) >= 11 is 0. The van der Waals surface area contributed by atoms with Crippen molar-refractivity contribution in [2.24, 2.45) is 0 Å². The first kappa shape index (κ1) is 22.4. The molecule has 0 fully saturated rings. The molecule has 0 unspecified atom stereocenters. The SMILES string of the molecule is N#Cc1ccc(-c2cccc(-c3nc4ccccc4c4c3ccc3ncc5ccccc5c34)c2)c2ccccc12. The minimum atomic E-state index is 0.686. The summed E-state index contributed by atoms with van der Waals surface area (Å²) in [5.41, 5.74) is 6.81. The van der Waals surface area contributed by atoms with Crippen LogP contribution in [0.2, 0.25) is 0 Å². The molecule has 0 spiro atoms. The van der Waals surface area contributed by atoms with Gasteiger partial charge in [0.15, 0.2) is 0 Å². The molecule has 0 radical (unpaired) electrons. The maximum Gasteiger partial charge on any atom is 0.0998 e. The Balaban J connectivity index is 1.45. The van der Waals surface area contributed by atoms with Gasteiger partial charge in [-0.25, -0.2) is 4.98 Å². The lowest BCUT2D eigenvalue weighted by molar-refractivity contribution is 1.42. The number of benzene rings is 6. The molecule has 0 aliphatic rings. The van der Waals surface area contributed by atoms with E-state index in [1.54, 1.807) is 0 Å². The number of hydrogen-bond donors (Lipinski definition) is 0. The van der Waals surface area contributed by atoms with Crippen LogP contribution in [0.3, 0.4) is 0 Å². The first-order valence-corrected chi connectivity index (χ1v) is 13.3. The molecule has 8 aromatic rings. The molecule has 40 heavy (non-hydrogen) atoms. The quantitative estimate of drug-likeness (QED) is 0.219. The van der Waals surface area contributed by atoms with Crippen molar-refractivity contribution in [2.75, 3.05) is 0 Å². The van der Waals surface area contributed by atoms with Gasteiger partial charge in [0.1, 0.15) is 0 Å². The number of nitrogens with zero attached hydrogens (tertiary/aromatic N) is 3. The molecule has 0 aliphatic heterocycles. The zero-order valence-corrected chi connectivity index (χ0v) is 21.5. The van der Waals surface area contributed by atoms with Gasteiger partial charge in [-0.1, -0.05) is 91.0 Å². The van der Waals surface area contributed by atoms with Gasteiger partial charge < -0.3 is 0 Å². The van der Waals surface area contributed by atoms with Gasteiger partial charge in [-0.15, -0.1) is 0 Å². The monoisotopic (exact) mass is 507 g/mol. The third kappa shape index (κ3) is 3.30. The molecule has 0 N–H and O–H groups in total. The number of nitriles is 1. The maximum atomic E-state index is 9.66. The zero-order valence-electron chi connectivity index (χ0n) is 21.5. The number of rotatable bonds is 2. The average Bonchev–Trinajstić information content (AvgIpc) is 3.03. The van der Waals surface area contributed by atoms with E-state index >= 15 is 0 Å². The highest BCUT2D eigenvalue weighted by Gasteiger charge is 2.16. The van der Waals surface area contributed by atoms with Crippen molar-refractivity contribution in [3.05, 3.63) is 133 Å². The summed E-state index contributed by atoms with van der Waals surface area (Å²) in [5.74, 6) is 0. The summed E-state index contributed by atoms with van der Waals surface area (Å²) in [4.78, 5) is 10.0. The number of para-hydroxylation sites is 1. The Kier molecular flexibility index (Phi) is 4.89. The van der Waals surface area contributed by atoms with Crippen LogP contribution >= 0.6 is 0 Å². The molecule has 6 aromatic carbocycles. The summed E-state index contributed by atoms with van der Waals surface area (Å²) in [6.07, 6.45) is 1.96. The molecule has 3 heteroatoms. The van der Waals surface area contributed by atoms with E-state index in [9.17, 15) is 5.26 Å². The van der Waals surface area contributed by atoms with Gasteiger partial charge in [0.2, 0.25) is 0 Å². The molecular formula is C37H21N3. The van der Waals surface area contributed by atoms with Gasteiger partial charge in [0, 0.05) is 44.1 Å². The predicted molar refractivity (Wildman–Crippen MR) is 165 cm³/mol. The Hall–Kier alpha value is -5.59. The Labute approximate surface area is 230 Å². The summed E-state index contributed by atoms with van der Waals surface area (Å²) in [6, 6.07) is 44.1. The van der Waals surface area contributed by atoms with Gasteiger partial charge in [-0.3, -0.25) is 4.98 Å². The lowest BCUT2D eigenvalue weighted by Crippen LogP contribution is -1.93. The zero-order chi connectivity index (χ0) is 26.6. The highest BCUT2D eigenvalue weighted by molar-refractivity contribution is 6.28. The van der Waals surface area contributed by atoms with Gasteiger partial charge in [-0.2, -0.15) is 5.26 Å². The maximum absolute atomic E-state index is 9.66. The fourth-order valence-electron chi connectivity index (χ4n) is 6.09. The van der Waals surface area contributed by atoms with Crippen LogP contribution in [-0.4, -0.2) is 9.97 Å². The highest BCUT2D eigenvalue weighted by atomic mass is 14.7. The van der Waals surface area contributed by atoms with Crippen molar-refractivity contribution in [3.63, 3.8) is 0 Å². The highest BCUT2D eigenvalue weighted by Crippen LogP contribution is 2.40. The first-order valence-electron chi connectivity index (χ1n) is 13.3. The molecule has 2 aromatic heterocycles. The van der Waals surface area contributed by atoms with Crippen LogP contribution in [0, 0.1) is 11.3 Å². The molecule has 0 aliphatic carbocycles. The molecule has 184 valence electrons. The van der Waals surface area contributed by atoms with E-state index in [-0.39, 0.29) is 0 Å². The summed E-state index contributed by atoms with van der Waals surface area (Å²) in [7, 11) is 0. The van der Waals surface area contributed by atoms with Crippen molar-refractivity contribution in [1.82, 2.24) is 9.97 Å². The molecule has 0 atom stereocenters. The molecule has 3 nitrogen and oxygen atoms in total. The topological polar surface area (TPSA) is 49.6 Å². The molecule has 2 heterocycles. The van der Waals surface area contributed by atoms with Crippen LogP contribution < -0.4 is 0 Å². The Morgan fingerprint density at radius 1 is 0.525 bits per heavy atom. The van der Waals surface area contributed by atoms with E-state index in [1.807, 2.05) is 36.5 Å². The van der Waals surface area contributed by atoms with Gasteiger partial charge in [0.25, 0.3) is 0 Å². The van der Waals surface area contributed by atoms with Crippen LogP contribution in [0.25, 0.3) is 76.5 Å². The van der Waals surface area contributed by atoms with E-state index < -0.39 is 0 Å². The van der Waals surface area contributed by atoms with Crippen molar-refractivity contribution in [2.45, 2.75) is 0 Å². The summed E-state index contributed by atoms with van der Waals surface area (Å²) in [5, 5.41) is 18.6. The number of aromatic nitrogens is 2.